The molecule has 2 rings (SSSR count). The van der Waals surface area contributed by atoms with Gasteiger partial charge in [0.2, 0.25) is 10.7 Å². The van der Waals surface area contributed by atoms with Gasteiger partial charge in [0.25, 0.3) is 0 Å². The monoisotopic (exact) mass is 261 g/mol. The molecule has 0 saturated carbocycles. The number of hydrazone groups is 1. The van der Waals surface area contributed by atoms with E-state index in [4.69, 9.17) is 5.41 Å². The lowest BCUT2D eigenvalue weighted by molar-refractivity contribution is 0.956. The van der Waals surface area contributed by atoms with E-state index < -0.39 is 0 Å². The highest BCUT2D eigenvalue weighted by molar-refractivity contribution is 7.03. The van der Waals surface area contributed by atoms with Gasteiger partial charge in [-0.25, -0.2) is 5.43 Å². The summed E-state index contributed by atoms with van der Waals surface area (Å²) in [6.07, 6.45) is 0.885. The zero-order valence-electron chi connectivity index (χ0n) is 10.3. The lowest BCUT2D eigenvalue weighted by Crippen LogP contribution is -2.13. The Kier molecular flexibility index (Phi) is 3.88. The van der Waals surface area contributed by atoms with Crippen molar-refractivity contribution in [3.05, 3.63) is 35.1 Å². The molecule has 0 aliphatic heterocycles. The van der Waals surface area contributed by atoms with E-state index in [2.05, 4.69) is 14.9 Å². The second kappa shape index (κ2) is 5.59. The second-order valence-electron chi connectivity index (χ2n) is 3.79. The number of nitrogens with zero attached hydrogens (tertiary/aromatic N) is 3. The first-order valence-corrected chi connectivity index (χ1v) is 6.47. The van der Waals surface area contributed by atoms with E-state index in [-0.39, 0.29) is 0 Å². The van der Waals surface area contributed by atoms with Crippen LogP contribution in [-0.2, 0) is 0 Å². The molecule has 0 unspecified atom stereocenters. The first kappa shape index (κ1) is 12.5. The lowest BCUT2D eigenvalue weighted by Gasteiger charge is -2.06. The number of nitrogens with one attached hydrogen (secondary N) is 2. The van der Waals surface area contributed by atoms with Crippen LogP contribution < -0.4 is 10.2 Å². The van der Waals surface area contributed by atoms with Crippen molar-refractivity contribution in [1.29, 1.82) is 5.41 Å². The summed E-state index contributed by atoms with van der Waals surface area (Å²) in [5, 5.41) is 12.1. The Balaban J connectivity index is 2.37. The van der Waals surface area contributed by atoms with Gasteiger partial charge in [-0.05, 0) is 25.5 Å². The topological polar surface area (TPSA) is 66.1 Å². The first-order valence-electron chi connectivity index (χ1n) is 5.70. The van der Waals surface area contributed by atoms with Gasteiger partial charge >= 0.3 is 0 Å². The molecule has 0 aliphatic carbocycles. The number of aromatic nitrogens is 2. The number of hydrogen-bond donors (Lipinski definition) is 2. The van der Waals surface area contributed by atoms with Gasteiger partial charge in [-0.15, -0.1) is 0 Å². The van der Waals surface area contributed by atoms with Crippen molar-refractivity contribution in [3.8, 4) is 5.69 Å². The van der Waals surface area contributed by atoms with Crippen LogP contribution in [0.4, 0.5) is 5.95 Å². The van der Waals surface area contributed by atoms with Crippen LogP contribution in [-0.4, -0.2) is 14.7 Å². The second-order valence-corrected chi connectivity index (χ2v) is 4.55. The minimum atomic E-state index is 0.369. The average Bonchev–Trinajstić information content (AvgIpc) is 2.78. The van der Waals surface area contributed by atoms with Crippen LogP contribution in [0, 0.1) is 5.41 Å². The molecule has 0 spiro atoms. The maximum Gasteiger partial charge on any atom is 0.241 e. The summed E-state index contributed by atoms with van der Waals surface area (Å²) in [6, 6.07) is 9.69. The molecule has 0 bridgehead atoms. The molecule has 2 aromatic rings. The summed E-state index contributed by atoms with van der Waals surface area (Å²) < 4.78 is 5.93. The van der Waals surface area contributed by atoms with Crippen LogP contribution in [0.1, 0.15) is 20.3 Å². The molecular formula is C12H15N5S. The van der Waals surface area contributed by atoms with E-state index in [1.807, 2.05) is 44.2 Å². The Bertz CT molecular complexity index is 596. The average molecular weight is 261 g/mol. The van der Waals surface area contributed by atoms with Crippen LogP contribution in [0.3, 0.4) is 0 Å². The molecule has 0 aliphatic rings. The quantitative estimate of drug-likeness (QED) is 0.656. The molecule has 0 amide bonds. The highest BCUT2D eigenvalue weighted by atomic mass is 32.1. The van der Waals surface area contributed by atoms with Crippen molar-refractivity contribution in [1.82, 2.24) is 8.94 Å². The summed E-state index contributed by atoms with van der Waals surface area (Å²) in [5.74, 6) is 0.573. The molecule has 0 fully saturated rings. The van der Waals surface area contributed by atoms with Crippen molar-refractivity contribution < 1.29 is 0 Å². The normalized spacial score (nSPS) is 11.6. The zero-order chi connectivity index (χ0) is 13.0. The lowest BCUT2D eigenvalue weighted by atomic mass is 10.3. The zero-order valence-corrected chi connectivity index (χ0v) is 11.2. The molecule has 0 radical (unpaired) electrons. The van der Waals surface area contributed by atoms with Crippen molar-refractivity contribution >= 4 is 23.2 Å². The molecule has 0 atom stereocenters. The molecule has 1 aromatic carbocycles. The molecule has 0 saturated heterocycles. The third-order valence-electron chi connectivity index (χ3n) is 2.51. The molecule has 2 N–H and O–H groups in total. The molecular weight excluding hydrogens is 246 g/mol. The third-order valence-corrected chi connectivity index (χ3v) is 3.13. The number of rotatable bonds is 4. The van der Waals surface area contributed by atoms with Gasteiger partial charge in [-0.2, -0.15) is 9.47 Å². The van der Waals surface area contributed by atoms with Crippen molar-refractivity contribution in [3.63, 3.8) is 0 Å². The van der Waals surface area contributed by atoms with Gasteiger partial charge in [-0.1, -0.05) is 25.1 Å². The van der Waals surface area contributed by atoms with Crippen molar-refractivity contribution in [2.24, 2.45) is 5.10 Å². The summed E-state index contributed by atoms with van der Waals surface area (Å²) in [7, 11) is 0. The summed E-state index contributed by atoms with van der Waals surface area (Å²) in [6.45, 7) is 4.00. The third kappa shape index (κ3) is 2.65. The molecule has 18 heavy (non-hydrogen) atoms. The number of anilines is 1. The first-order chi connectivity index (χ1) is 8.72. The van der Waals surface area contributed by atoms with Crippen LogP contribution in [0.2, 0.25) is 0 Å². The Morgan fingerprint density at radius 3 is 2.83 bits per heavy atom. The van der Waals surface area contributed by atoms with Crippen molar-refractivity contribution in [2.45, 2.75) is 20.3 Å². The molecule has 5 nitrogen and oxygen atoms in total. The maximum absolute atomic E-state index is 7.89. The van der Waals surface area contributed by atoms with Gasteiger partial charge in [0.15, 0.2) is 0 Å². The Hall–Kier alpha value is -1.95. The minimum absolute atomic E-state index is 0.369. The highest BCUT2D eigenvalue weighted by Crippen LogP contribution is 2.12. The van der Waals surface area contributed by atoms with Crippen LogP contribution in [0.25, 0.3) is 5.69 Å². The number of hydrogen-bond acceptors (Lipinski definition) is 5. The van der Waals surface area contributed by atoms with E-state index in [1.165, 1.54) is 0 Å². The van der Waals surface area contributed by atoms with E-state index in [0.29, 0.717) is 10.7 Å². The van der Waals surface area contributed by atoms with Gasteiger partial charge in [0.05, 0.1) is 5.69 Å². The number of para-hydroxylation sites is 1. The van der Waals surface area contributed by atoms with Crippen molar-refractivity contribution in [2.75, 3.05) is 5.43 Å². The summed E-state index contributed by atoms with van der Waals surface area (Å²) in [5.41, 5.74) is 4.81. The molecule has 94 valence electrons. The van der Waals surface area contributed by atoms with E-state index >= 15 is 0 Å². The van der Waals surface area contributed by atoms with E-state index in [1.54, 1.807) is 4.57 Å². The van der Waals surface area contributed by atoms with Crippen LogP contribution in [0.15, 0.2) is 35.4 Å². The number of benzene rings is 1. The molecule has 1 heterocycles. The Labute approximate surface area is 109 Å². The van der Waals surface area contributed by atoms with E-state index in [9.17, 15) is 0 Å². The predicted molar refractivity (Wildman–Crippen MR) is 74.3 cm³/mol. The standard InChI is InChI=1S/C12H15N5S/c1-3-9(2)14-15-12-16-18-11(13)17(12)10-7-5-4-6-8-10/h4-8,13H,3H2,1-2H3,(H,15,16)/b13-11?,14-9+. The smallest absolute Gasteiger partial charge is 0.241 e. The maximum atomic E-state index is 7.89. The fourth-order valence-corrected chi connectivity index (χ4v) is 1.94. The minimum Gasteiger partial charge on any atom is -0.273 e. The Morgan fingerprint density at radius 2 is 2.17 bits per heavy atom. The van der Waals surface area contributed by atoms with Crippen LogP contribution >= 0.6 is 11.5 Å². The SMILES string of the molecule is CC/C(C)=N/Nc1nsc(=N)n1-c1ccccc1. The molecule has 6 heteroatoms. The summed E-state index contributed by atoms with van der Waals surface area (Å²) >= 11 is 1.13. The highest BCUT2D eigenvalue weighted by Gasteiger charge is 2.07. The fourth-order valence-electron chi connectivity index (χ4n) is 1.38. The van der Waals surface area contributed by atoms with Gasteiger partial charge in [-0.3, -0.25) is 9.98 Å². The summed E-state index contributed by atoms with van der Waals surface area (Å²) in [4.78, 5) is 0.369. The largest absolute Gasteiger partial charge is 0.273 e. The molecule has 1 aromatic heterocycles. The van der Waals surface area contributed by atoms with Crippen LogP contribution in [0.5, 0.6) is 0 Å². The predicted octanol–water partition coefficient (Wildman–Crippen LogP) is 2.61. The fraction of sp³-hybridized carbons (Fsp3) is 0.250. The Morgan fingerprint density at radius 1 is 1.44 bits per heavy atom. The van der Waals surface area contributed by atoms with Gasteiger partial charge in [0.1, 0.15) is 0 Å². The van der Waals surface area contributed by atoms with Gasteiger partial charge in [0, 0.05) is 17.2 Å². The van der Waals surface area contributed by atoms with Gasteiger partial charge < -0.3 is 0 Å². The van der Waals surface area contributed by atoms with E-state index in [0.717, 1.165) is 29.4 Å².